The molecule has 6 nitrogen and oxygen atoms in total. The second kappa shape index (κ2) is 8.54. The molecule has 0 fully saturated rings. The first-order chi connectivity index (χ1) is 15.1. The Morgan fingerprint density at radius 1 is 1.28 bits per heavy atom. The Bertz CT molecular complexity index is 1320. The molecular formula is C20H15ClF4N2O4S. The molecule has 1 atom stereocenters. The molecule has 12 heteroatoms. The summed E-state index contributed by atoms with van der Waals surface area (Å²) in [7, 11) is 1.41. The van der Waals surface area contributed by atoms with Crippen LogP contribution in [0.5, 0.6) is 0 Å². The van der Waals surface area contributed by atoms with Gasteiger partial charge in [-0.15, -0.1) is 11.8 Å². The second-order valence-corrected chi connectivity index (χ2v) is 8.46. The van der Waals surface area contributed by atoms with Crippen LogP contribution in [-0.4, -0.2) is 35.3 Å². The maximum Gasteiger partial charge on any atom is 0.417 e. The fraction of sp³-hybridized carbons (Fsp3) is 0.300. The Morgan fingerprint density at radius 2 is 2.03 bits per heavy atom. The third kappa shape index (κ3) is 4.05. The van der Waals surface area contributed by atoms with Gasteiger partial charge in [0.1, 0.15) is 12.6 Å². The van der Waals surface area contributed by atoms with E-state index in [2.05, 4.69) is 4.98 Å². The van der Waals surface area contributed by atoms with Crippen LogP contribution in [-0.2, 0) is 22.2 Å². The lowest BCUT2D eigenvalue weighted by Gasteiger charge is -2.20. The predicted molar refractivity (Wildman–Crippen MR) is 112 cm³/mol. The number of nitrogens with zero attached hydrogens (tertiary/aromatic N) is 1. The fourth-order valence-corrected chi connectivity index (χ4v) is 5.06. The summed E-state index contributed by atoms with van der Waals surface area (Å²) in [6.45, 7) is -0.0957. The van der Waals surface area contributed by atoms with Gasteiger partial charge in [0.25, 0.3) is 5.56 Å². The van der Waals surface area contributed by atoms with Crippen LogP contribution in [0.25, 0.3) is 22.0 Å². The maximum atomic E-state index is 14.1. The highest BCUT2D eigenvalue weighted by molar-refractivity contribution is 7.99. The summed E-state index contributed by atoms with van der Waals surface area (Å²) < 4.78 is 67.6. The molecule has 170 valence electrons. The summed E-state index contributed by atoms with van der Waals surface area (Å²) >= 11 is 6.86. The highest BCUT2D eigenvalue weighted by Gasteiger charge is 2.38. The van der Waals surface area contributed by atoms with Gasteiger partial charge < -0.3 is 9.47 Å². The normalized spacial score (nSPS) is 16.4. The highest BCUT2D eigenvalue weighted by atomic mass is 35.5. The number of benzene rings is 2. The van der Waals surface area contributed by atoms with Gasteiger partial charge in [-0.2, -0.15) is 13.2 Å². The first-order valence-corrected chi connectivity index (χ1v) is 10.6. The number of halogens is 5. The van der Waals surface area contributed by atoms with Crippen molar-refractivity contribution >= 4 is 34.3 Å². The smallest absolute Gasteiger partial charge is 0.359 e. The molecule has 1 aromatic heterocycles. The van der Waals surface area contributed by atoms with E-state index in [-0.39, 0.29) is 51.0 Å². The van der Waals surface area contributed by atoms with Gasteiger partial charge in [-0.05, 0) is 23.8 Å². The van der Waals surface area contributed by atoms with Gasteiger partial charge in [0.15, 0.2) is 0 Å². The number of methoxy groups -OCH3 is 1. The number of hydrogen-bond donors (Lipinski definition) is 1. The van der Waals surface area contributed by atoms with Crippen LogP contribution in [0.2, 0.25) is 5.02 Å². The lowest BCUT2D eigenvalue weighted by molar-refractivity contribution is -0.137. The van der Waals surface area contributed by atoms with Crippen LogP contribution < -0.4 is 11.2 Å². The quantitative estimate of drug-likeness (QED) is 0.437. The van der Waals surface area contributed by atoms with Crippen molar-refractivity contribution in [1.82, 2.24) is 9.55 Å². The van der Waals surface area contributed by atoms with Gasteiger partial charge in [-0.1, -0.05) is 17.7 Å². The zero-order valence-electron chi connectivity index (χ0n) is 16.4. The number of thioether (sulfide) groups is 1. The lowest BCUT2D eigenvalue weighted by Crippen LogP contribution is -2.34. The Balaban J connectivity index is 2.10. The van der Waals surface area contributed by atoms with E-state index in [1.165, 1.54) is 17.7 Å². The zero-order chi connectivity index (χ0) is 23.2. The Kier molecular flexibility index (Phi) is 6.10. The van der Waals surface area contributed by atoms with Crippen LogP contribution in [0, 0.1) is 5.82 Å². The molecule has 2 heterocycles. The van der Waals surface area contributed by atoms with E-state index >= 15 is 0 Å². The van der Waals surface area contributed by atoms with Crippen LogP contribution >= 0.6 is 23.4 Å². The molecule has 3 aromatic rings. The third-order valence-corrected chi connectivity index (χ3v) is 6.48. The van der Waals surface area contributed by atoms with E-state index in [4.69, 9.17) is 21.1 Å². The number of aromatic amines is 1. The number of rotatable bonds is 4. The summed E-state index contributed by atoms with van der Waals surface area (Å²) in [4.78, 5) is 27.2. The van der Waals surface area contributed by atoms with Gasteiger partial charge in [-0.3, -0.25) is 14.3 Å². The Hall–Kier alpha value is -2.34. The number of aromatic nitrogens is 2. The van der Waals surface area contributed by atoms with Gasteiger partial charge >= 0.3 is 11.9 Å². The van der Waals surface area contributed by atoms with Crippen LogP contribution in [0.15, 0.2) is 38.8 Å². The Morgan fingerprint density at radius 3 is 2.69 bits per heavy atom. The van der Waals surface area contributed by atoms with Gasteiger partial charge in [-0.25, -0.2) is 9.18 Å². The van der Waals surface area contributed by atoms with Crippen LogP contribution in [0.1, 0.15) is 5.56 Å². The van der Waals surface area contributed by atoms with E-state index in [1.807, 2.05) is 0 Å². The molecule has 0 spiro atoms. The van der Waals surface area contributed by atoms with Crippen molar-refractivity contribution in [3.05, 3.63) is 61.5 Å². The number of ether oxygens (including phenoxy) is 2. The molecule has 0 bridgehead atoms. The molecule has 0 saturated heterocycles. The first-order valence-electron chi connectivity index (χ1n) is 9.21. The van der Waals surface area contributed by atoms with Crippen LogP contribution in [0.3, 0.4) is 0 Å². The number of nitrogens with one attached hydrogen (secondary N) is 1. The summed E-state index contributed by atoms with van der Waals surface area (Å²) in [5, 5.41) is -0.644. The number of hydrogen-bond acceptors (Lipinski definition) is 5. The van der Waals surface area contributed by atoms with Gasteiger partial charge in [0.2, 0.25) is 0 Å². The molecule has 1 aliphatic rings. The number of alkyl halides is 3. The molecule has 0 unspecified atom stereocenters. The SMILES string of the molecule is COCO[C@H]1CSc2c(-c3ccc(F)c(Cl)c3)c(C(F)(F)F)cc3c(=O)[nH]c(=O)n(c23)C1. The van der Waals surface area contributed by atoms with Crippen molar-refractivity contribution in [2.75, 3.05) is 19.7 Å². The molecule has 0 saturated carbocycles. The van der Waals surface area contributed by atoms with E-state index in [9.17, 15) is 27.2 Å². The van der Waals surface area contributed by atoms with E-state index in [1.54, 1.807) is 0 Å². The molecular weight excluding hydrogens is 476 g/mol. The number of H-pyrrole nitrogens is 1. The topological polar surface area (TPSA) is 73.3 Å². The van der Waals surface area contributed by atoms with Crippen molar-refractivity contribution in [2.45, 2.75) is 23.7 Å². The maximum absolute atomic E-state index is 14.1. The summed E-state index contributed by atoms with van der Waals surface area (Å²) in [5.74, 6) is -0.610. The highest BCUT2D eigenvalue weighted by Crippen LogP contribution is 2.46. The fourth-order valence-electron chi connectivity index (χ4n) is 3.60. The van der Waals surface area contributed by atoms with Crippen molar-refractivity contribution in [2.24, 2.45) is 0 Å². The third-order valence-electron chi connectivity index (χ3n) is 4.97. The standard InChI is InChI=1S/C20H15ClF4N2O4S/c1-30-8-31-10-6-27-16-11(18(28)26-19(27)29)5-12(20(23,24)25)15(17(16)32-7-10)9-2-3-14(22)13(21)4-9/h2-5,10H,6-8H2,1H3,(H,26,28,29)/t10-/m1/s1. The molecule has 1 N–H and O–H groups in total. The summed E-state index contributed by atoms with van der Waals surface area (Å²) in [6, 6.07) is 3.93. The van der Waals surface area contributed by atoms with E-state index < -0.39 is 34.9 Å². The van der Waals surface area contributed by atoms with Crippen molar-refractivity contribution < 1.29 is 27.0 Å². The Labute approximate surface area is 187 Å². The zero-order valence-corrected chi connectivity index (χ0v) is 18.0. The van der Waals surface area contributed by atoms with Crippen molar-refractivity contribution in [1.29, 1.82) is 0 Å². The lowest BCUT2D eigenvalue weighted by atomic mass is 9.96. The monoisotopic (exact) mass is 490 g/mol. The minimum atomic E-state index is -4.84. The largest absolute Gasteiger partial charge is 0.417 e. The molecule has 4 rings (SSSR count). The molecule has 2 aromatic carbocycles. The summed E-state index contributed by atoms with van der Waals surface area (Å²) in [6.07, 6.45) is -5.43. The first kappa shape index (κ1) is 22.8. The molecule has 0 aliphatic carbocycles. The van der Waals surface area contributed by atoms with Gasteiger partial charge in [0, 0.05) is 23.3 Å². The van der Waals surface area contributed by atoms with Crippen LogP contribution in [0.4, 0.5) is 17.6 Å². The van der Waals surface area contributed by atoms with Crippen molar-refractivity contribution in [3.8, 4) is 11.1 Å². The average Bonchev–Trinajstić information content (AvgIpc) is 2.92. The van der Waals surface area contributed by atoms with Gasteiger partial charge in [0.05, 0.1) is 34.1 Å². The molecule has 1 aliphatic heterocycles. The molecule has 32 heavy (non-hydrogen) atoms. The second-order valence-electron chi connectivity index (χ2n) is 7.03. The predicted octanol–water partition coefficient (Wildman–Crippen LogP) is 4.26. The summed E-state index contributed by atoms with van der Waals surface area (Å²) in [5.41, 5.74) is -3.04. The van der Waals surface area contributed by atoms with Crippen molar-refractivity contribution in [3.63, 3.8) is 0 Å². The minimum Gasteiger partial charge on any atom is -0.359 e. The molecule has 0 radical (unpaired) electrons. The van der Waals surface area contributed by atoms with E-state index in [0.29, 0.717) is 6.07 Å². The van der Waals surface area contributed by atoms with E-state index in [0.717, 1.165) is 23.9 Å². The average molecular weight is 491 g/mol. The molecule has 0 amide bonds. The minimum absolute atomic E-state index is 0.00339.